The lowest BCUT2D eigenvalue weighted by Gasteiger charge is -2.17. The van der Waals surface area contributed by atoms with Crippen molar-refractivity contribution < 1.29 is 0 Å². The normalized spacial score (nSPS) is 12.7. The maximum Gasteiger partial charge on any atom is 0.130 e. The average Bonchev–Trinajstić information content (AvgIpc) is 2.90. The molecule has 0 bridgehead atoms. The Morgan fingerprint density at radius 3 is 2.70 bits per heavy atom. The summed E-state index contributed by atoms with van der Waals surface area (Å²) < 4.78 is 2.76. The van der Waals surface area contributed by atoms with Gasteiger partial charge in [0.1, 0.15) is 5.82 Å². The highest BCUT2D eigenvalue weighted by Gasteiger charge is 2.16. The van der Waals surface area contributed by atoms with Crippen LogP contribution in [0.4, 0.5) is 5.82 Å². The number of hydrogen-bond acceptors (Lipinski definition) is 4. The Morgan fingerprint density at radius 1 is 1.45 bits per heavy atom. The molecule has 1 atom stereocenters. The number of thiophene rings is 1. The lowest BCUT2D eigenvalue weighted by atomic mass is 10.2. The van der Waals surface area contributed by atoms with Gasteiger partial charge >= 0.3 is 0 Å². The maximum atomic E-state index is 5.99. The molecule has 0 saturated heterocycles. The molecule has 0 unspecified atom stereocenters. The minimum atomic E-state index is 0.280. The second-order valence-corrected chi connectivity index (χ2v) is 6.90. The summed E-state index contributed by atoms with van der Waals surface area (Å²) in [6.07, 6.45) is 0. The summed E-state index contributed by atoms with van der Waals surface area (Å²) in [5, 5.41) is 8.05. The molecular weight excluding hydrogens is 292 g/mol. The zero-order valence-corrected chi connectivity index (χ0v) is 14.1. The second-order valence-electron chi connectivity index (χ2n) is 5.15. The van der Waals surface area contributed by atoms with Crippen LogP contribution in [-0.4, -0.2) is 23.9 Å². The lowest BCUT2D eigenvalue weighted by molar-refractivity contribution is 0.581. The highest BCUT2D eigenvalue weighted by Crippen LogP contribution is 2.28. The Labute approximate surface area is 129 Å². The first-order valence-electron chi connectivity index (χ1n) is 6.58. The van der Waals surface area contributed by atoms with Crippen LogP contribution in [0.25, 0.3) is 0 Å². The first-order valence-corrected chi connectivity index (χ1v) is 7.78. The predicted molar refractivity (Wildman–Crippen MR) is 86.9 cm³/mol. The first kappa shape index (κ1) is 15.4. The topological polar surface area (TPSA) is 33.1 Å². The Kier molecular flexibility index (Phi) is 4.73. The number of nitrogens with zero attached hydrogens (tertiary/aromatic N) is 3. The molecule has 4 nitrogen and oxygen atoms in total. The number of aryl methyl sites for hydroxylation is 2. The van der Waals surface area contributed by atoms with E-state index in [0.717, 1.165) is 22.4 Å². The fraction of sp³-hybridized carbons (Fsp3) is 0.500. The number of nitrogens with one attached hydrogen (secondary N) is 1. The molecule has 2 rings (SSSR count). The zero-order chi connectivity index (χ0) is 14.9. The first-order chi connectivity index (χ1) is 9.40. The Morgan fingerprint density at radius 2 is 2.15 bits per heavy atom. The molecule has 2 aromatic rings. The van der Waals surface area contributed by atoms with E-state index in [1.165, 1.54) is 10.4 Å². The van der Waals surface area contributed by atoms with Gasteiger partial charge in [-0.1, -0.05) is 11.6 Å². The van der Waals surface area contributed by atoms with Crippen molar-refractivity contribution in [3.63, 3.8) is 0 Å². The standard InChI is InChI=1S/C14H21ClN4S/c1-9-11(14(18(3)4)19(5)17-9)8-16-10(2)12-6-7-13(15)20-12/h6-7,10,16H,8H2,1-5H3/t10-/m0/s1. The molecule has 2 aromatic heterocycles. The van der Waals surface area contributed by atoms with Crippen molar-refractivity contribution in [1.29, 1.82) is 0 Å². The van der Waals surface area contributed by atoms with Gasteiger partial charge in [-0.05, 0) is 26.0 Å². The predicted octanol–water partition coefficient (Wildman–Crippen LogP) is 3.36. The van der Waals surface area contributed by atoms with Crippen LogP contribution in [0, 0.1) is 6.92 Å². The lowest BCUT2D eigenvalue weighted by Crippen LogP contribution is -2.21. The third-order valence-corrected chi connectivity index (χ3v) is 4.76. The van der Waals surface area contributed by atoms with Crippen molar-refractivity contribution in [3.05, 3.63) is 32.6 Å². The fourth-order valence-electron chi connectivity index (χ4n) is 2.37. The van der Waals surface area contributed by atoms with Gasteiger partial charge in [0.2, 0.25) is 0 Å². The van der Waals surface area contributed by atoms with Crippen LogP contribution in [0.3, 0.4) is 0 Å². The van der Waals surface area contributed by atoms with E-state index < -0.39 is 0 Å². The van der Waals surface area contributed by atoms with Crippen LogP contribution in [0.5, 0.6) is 0 Å². The Bertz CT molecular complexity index is 588. The van der Waals surface area contributed by atoms with Crippen molar-refractivity contribution >= 4 is 28.8 Å². The molecule has 2 heterocycles. The largest absolute Gasteiger partial charge is 0.363 e. The van der Waals surface area contributed by atoms with Gasteiger partial charge in [0.25, 0.3) is 0 Å². The number of rotatable bonds is 5. The number of aromatic nitrogens is 2. The van der Waals surface area contributed by atoms with Crippen LogP contribution in [-0.2, 0) is 13.6 Å². The molecule has 0 amide bonds. The third kappa shape index (κ3) is 3.16. The molecule has 0 aliphatic rings. The average molecular weight is 313 g/mol. The van der Waals surface area contributed by atoms with E-state index in [1.807, 2.05) is 31.9 Å². The molecule has 0 aliphatic carbocycles. The van der Waals surface area contributed by atoms with Gasteiger partial charge in [-0.15, -0.1) is 11.3 Å². The van der Waals surface area contributed by atoms with E-state index in [-0.39, 0.29) is 6.04 Å². The molecule has 20 heavy (non-hydrogen) atoms. The molecule has 0 aromatic carbocycles. The Hall–Kier alpha value is -1.04. The third-order valence-electron chi connectivity index (χ3n) is 3.34. The molecule has 0 aliphatic heterocycles. The van der Waals surface area contributed by atoms with E-state index >= 15 is 0 Å². The highest BCUT2D eigenvalue weighted by molar-refractivity contribution is 7.16. The number of anilines is 1. The SMILES string of the molecule is Cc1nn(C)c(N(C)C)c1CN[C@@H](C)c1ccc(Cl)s1. The van der Waals surface area contributed by atoms with E-state index in [9.17, 15) is 0 Å². The maximum absolute atomic E-state index is 5.99. The quantitative estimate of drug-likeness (QED) is 0.919. The van der Waals surface area contributed by atoms with Gasteiger partial charge in [0.15, 0.2) is 0 Å². The van der Waals surface area contributed by atoms with Gasteiger partial charge in [-0.3, -0.25) is 4.68 Å². The van der Waals surface area contributed by atoms with Crippen LogP contribution in [0.2, 0.25) is 4.34 Å². The van der Waals surface area contributed by atoms with Gasteiger partial charge in [0.05, 0.1) is 10.0 Å². The molecule has 6 heteroatoms. The van der Waals surface area contributed by atoms with Gasteiger partial charge < -0.3 is 10.2 Å². The van der Waals surface area contributed by atoms with Crippen molar-refractivity contribution in [1.82, 2.24) is 15.1 Å². The van der Waals surface area contributed by atoms with Crippen molar-refractivity contribution in [3.8, 4) is 0 Å². The second kappa shape index (κ2) is 6.16. The van der Waals surface area contributed by atoms with E-state index in [4.69, 9.17) is 11.6 Å². The van der Waals surface area contributed by atoms with Gasteiger partial charge in [-0.25, -0.2) is 0 Å². The summed E-state index contributed by atoms with van der Waals surface area (Å²) in [7, 11) is 6.07. The zero-order valence-electron chi connectivity index (χ0n) is 12.6. The van der Waals surface area contributed by atoms with E-state index in [2.05, 4.69) is 35.2 Å². The Balaban J connectivity index is 2.11. The molecule has 0 saturated carbocycles. The van der Waals surface area contributed by atoms with Crippen LogP contribution in [0.15, 0.2) is 12.1 Å². The summed E-state index contributed by atoms with van der Waals surface area (Å²) in [5.41, 5.74) is 2.31. The molecule has 0 radical (unpaired) electrons. The summed E-state index contributed by atoms with van der Waals surface area (Å²) >= 11 is 7.61. The molecule has 1 N–H and O–H groups in total. The van der Waals surface area contributed by atoms with Crippen LogP contribution < -0.4 is 10.2 Å². The summed E-state index contributed by atoms with van der Waals surface area (Å²) in [4.78, 5) is 3.35. The number of hydrogen-bond donors (Lipinski definition) is 1. The van der Waals surface area contributed by atoms with Crippen LogP contribution >= 0.6 is 22.9 Å². The summed E-state index contributed by atoms with van der Waals surface area (Å²) in [6, 6.07) is 4.30. The minimum absolute atomic E-state index is 0.280. The highest BCUT2D eigenvalue weighted by atomic mass is 35.5. The minimum Gasteiger partial charge on any atom is -0.363 e. The van der Waals surface area contributed by atoms with Crippen molar-refractivity contribution in [2.75, 3.05) is 19.0 Å². The molecule has 0 fully saturated rings. The summed E-state index contributed by atoms with van der Waals surface area (Å²) in [6.45, 7) is 5.00. The van der Waals surface area contributed by atoms with Gasteiger partial charge in [0, 0.05) is 44.2 Å². The van der Waals surface area contributed by atoms with Crippen LogP contribution in [0.1, 0.15) is 29.1 Å². The fourth-order valence-corrected chi connectivity index (χ4v) is 3.46. The van der Waals surface area contributed by atoms with E-state index in [1.54, 1.807) is 11.3 Å². The van der Waals surface area contributed by atoms with Crippen molar-refractivity contribution in [2.45, 2.75) is 26.4 Å². The number of halogens is 1. The van der Waals surface area contributed by atoms with Crippen molar-refractivity contribution in [2.24, 2.45) is 7.05 Å². The van der Waals surface area contributed by atoms with Gasteiger partial charge in [-0.2, -0.15) is 5.10 Å². The molecule has 0 spiro atoms. The van der Waals surface area contributed by atoms with E-state index in [0.29, 0.717) is 0 Å². The summed E-state index contributed by atoms with van der Waals surface area (Å²) in [5.74, 6) is 1.14. The molecule has 110 valence electrons. The smallest absolute Gasteiger partial charge is 0.130 e. The molecular formula is C14H21ClN4S. The monoisotopic (exact) mass is 312 g/mol.